The third kappa shape index (κ3) is 7.67. The molecule has 0 N–H and O–H groups in total. The average Bonchev–Trinajstić information content (AvgIpc) is 3.70. The van der Waals surface area contributed by atoms with Crippen molar-refractivity contribution in [2.75, 3.05) is 9.80 Å². The van der Waals surface area contributed by atoms with Gasteiger partial charge in [-0.3, -0.25) is 0 Å². The van der Waals surface area contributed by atoms with Crippen molar-refractivity contribution in [1.82, 2.24) is 0 Å². The second-order valence-corrected chi connectivity index (χ2v) is 29.7. The molecule has 7 aromatic rings. The van der Waals surface area contributed by atoms with Gasteiger partial charge in [0.15, 0.2) is 0 Å². The van der Waals surface area contributed by atoms with E-state index in [9.17, 15) is 13.2 Å². The van der Waals surface area contributed by atoms with Crippen molar-refractivity contribution in [1.29, 1.82) is 0 Å². The number of anilines is 6. The first kappa shape index (κ1) is 50.5. The summed E-state index contributed by atoms with van der Waals surface area (Å²) in [6, 6.07) is 35.2. The molecule has 5 aliphatic rings. The van der Waals surface area contributed by atoms with Gasteiger partial charge < -0.3 is 9.80 Å². The van der Waals surface area contributed by atoms with E-state index in [4.69, 9.17) is 0 Å². The lowest BCUT2D eigenvalue weighted by Crippen LogP contribution is -2.61. The summed E-state index contributed by atoms with van der Waals surface area (Å²) in [5.41, 5.74) is 21.3. The Morgan fingerprint density at radius 1 is 0.480 bits per heavy atom. The predicted molar refractivity (Wildman–Crippen MR) is 316 cm³/mol. The van der Waals surface area contributed by atoms with Crippen LogP contribution in [0, 0.1) is 6.92 Å². The quantitative estimate of drug-likeness (QED) is 0.163. The van der Waals surface area contributed by atoms with Gasteiger partial charge in [0, 0.05) is 43.2 Å². The highest BCUT2D eigenvalue weighted by atomic mass is 32.1. The number of hydrogen-bond acceptors (Lipinski definition) is 3. The van der Waals surface area contributed by atoms with Crippen LogP contribution in [0.5, 0.6) is 0 Å². The summed E-state index contributed by atoms with van der Waals surface area (Å²) in [5, 5.41) is 1.33. The number of hydrogen-bond donors (Lipinski definition) is 0. The minimum absolute atomic E-state index is 0.00275. The van der Waals surface area contributed by atoms with Gasteiger partial charge in [0.05, 0.1) is 16.9 Å². The highest BCUT2D eigenvalue weighted by Crippen LogP contribution is 2.56. The second-order valence-electron chi connectivity index (χ2n) is 28.6. The summed E-state index contributed by atoms with van der Waals surface area (Å²) in [5.74, 6) is 0. The van der Waals surface area contributed by atoms with E-state index >= 15 is 0 Å². The molecule has 0 spiro atoms. The number of benzene rings is 6. The van der Waals surface area contributed by atoms with Crippen molar-refractivity contribution in [3.8, 4) is 11.1 Å². The topological polar surface area (TPSA) is 6.48 Å². The molecule has 3 aliphatic carbocycles. The Balaban J connectivity index is 1.22. The van der Waals surface area contributed by atoms with Gasteiger partial charge in [-0.2, -0.15) is 13.2 Å². The van der Waals surface area contributed by atoms with Gasteiger partial charge in [0.25, 0.3) is 6.71 Å². The van der Waals surface area contributed by atoms with Gasteiger partial charge in [-0.15, -0.1) is 11.3 Å². The fraction of sp³-hybridized carbons (Fsp3) is 0.441. The largest absolute Gasteiger partial charge is 0.416 e. The molecule has 6 aromatic carbocycles. The molecule has 2 aliphatic heterocycles. The fourth-order valence-electron chi connectivity index (χ4n) is 14.2. The van der Waals surface area contributed by atoms with Crippen molar-refractivity contribution in [3.05, 3.63) is 147 Å². The Labute approximate surface area is 450 Å². The summed E-state index contributed by atoms with van der Waals surface area (Å²) in [7, 11) is 0. The van der Waals surface area contributed by atoms with Gasteiger partial charge in [-0.05, 0) is 211 Å². The Morgan fingerprint density at radius 2 is 0.973 bits per heavy atom. The molecule has 388 valence electrons. The van der Waals surface area contributed by atoms with Crippen molar-refractivity contribution in [2.24, 2.45) is 0 Å². The normalized spacial score (nSPS) is 20.2. The zero-order valence-electron chi connectivity index (χ0n) is 47.5. The van der Waals surface area contributed by atoms with E-state index in [0.717, 1.165) is 77.8 Å². The van der Waals surface area contributed by atoms with Crippen LogP contribution in [-0.2, 0) is 44.1 Å². The monoisotopic (exact) mass is 1020 g/mol. The van der Waals surface area contributed by atoms with Crippen LogP contribution >= 0.6 is 11.3 Å². The van der Waals surface area contributed by atoms with E-state index in [0.29, 0.717) is 0 Å². The molecule has 75 heavy (non-hydrogen) atoms. The zero-order valence-corrected chi connectivity index (χ0v) is 48.3. The first-order valence-electron chi connectivity index (χ1n) is 27.8. The van der Waals surface area contributed by atoms with Gasteiger partial charge in [-0.1, -0.05) is 134 Å². The lowest BCUT2D eigenvalue weighted by Gasteiger charge is -2.47. The fourth-order valence-corrected chi connectivity index (χ4v) is 15.6. The van der Waals surface area contributed by atoms with Crippen molar-refractivity contribution >= 4 is 78.0 Å². The molecule has 0 radical (unpaired) electrons. The molecule has 2 nitrogen and oxygen atoms in total. The average molecular weight is 1020 g/mol. The van der Waals surface area contributed by atoms with Crippen molar-refractivity contribution in [2.45, 2.75) is 193 Å². The van der Waals surface area contributed by atoms with E-state index in [2.05, 4.69) is 193 Å². The summed E-state index contributed by atoms with van der Waals surface area (Å²) in [4.78, 5) is 5.18. The van der Waals surface area contributed by atoms with E-state index in [1.54, 1.807) is 12.1 Å². The summed E-state index contributed by atoms with van der Waals surface area (Å²) in [6.45, 7) is 38.0. The highest BCUT2D eigenvalue weighted by Gasteiger charge is 2.50. The van der Waals surface area contributed by atoms with E-state index < -0.39 is 11.7 Å². The number of fused-ring (bicyclic) bond motifs is 9. The minimum atomic E-state index is -4.44. The molecule has 0 fully saturated rings. The lowest BCUT2D eigenvalue weighted by molar-refractivity contribution is -0.137. The summed E-state index contributed by atoms with van der Waals surface area (Å²) in [6.07, 6.45) is 2.30. The molecule has 0 atom stereocenters. The van der Waals surface area contributed by atoms with Crippen LogP contribution in [-0.4, -0.2) is 6.71 Å². The molecule has 1 aromatic heterocycles. The van der Waals surface area contributed by atoms with Crippen LogP contribution in [0.4, 0.5) is 47.3 Å². The number of nitrogens with zero attached hydrogens (tertiary/aromatic N) is 2. The van der Waals surface area contributed by atoms with Crippen LogP contribution in [0.3, 0.4) is 0 Å². The minimum Gasteiger partial charge on any atom is -0.311 e. The summed E-state index contributed by atoms with van der Waals surface area (Å²) < 4.78 is 45.5. The maximum absolute atomic E-state index is 14.3. The number of aryl methyl sites for hydroxylation is 1. The Hall–Kier alpha value is -5.27. The smallest absolute Gasteiger partial charge is 0.311 e. The predicted octanol–water partition coefficient (Wildman–Crippen LogP) is 18.3. The molecule has 7 heteroatoms. The molecular formula is C68H76BF3N2S. The number of rotatable bonds is 3. The van der Waals surface area contributed by atoms with Crippen LogP contribution in [0.25, 0.3) is 21.2 Å². The second kappa shape index (κ2) is 15.9. The molecular weight excluding hydrogens is 945 g/mol. The zero-order chi connectivity index (χ0) is 53.7. The lowest BCUT2D eigenvalue weighted by atomic mass is 9.35. The SMILES string of the molecule is Cc1cc2c3c(c1)N(c1ccc4c(c1)C(C)(C)CCC4(C)C)c1c(sc4cc5c(cc14)C(C)(C)CCC5(C)C)B3c1cc3c(cc1N2c1ccc(C(C)(C)C)cc1-c1ccc(C(F)(F)F)cc1)C(C)(C)CCC3(C)C. The van der Waals surface area contributed by atoms with Crippen LogP contribution < -0.4 is 25.5 Å². The number of thiophene rings is 1. The third-order valence-corrected chi connectivity index (χ3v) is 20.7. The van der Waals surface area contributed by atoms with E-state index in [1.165, 1.54) is 88.4 Å². The number of halogens is 3. The Bertz CT molecular complexity index is 3560. The van der Waals surface area contributed by atoms with Crippen molar-refractivity contribution < 1.29 is 13.2 Å². The molecule has 0 saturated heterocycles. The molecule has 0 bridgehead atoms. The van der Waals surface area contributed by atoms with Gasteiger partial charge >= 0.3 is 6.18 Å². The van der Waals surface area contributed by atoms with E-state index in [1.807, 2.05) is 11.3 Å². The first-order valence-corrected chi connectivity index (χ1v) is 28.6. The van der Waals surface area contributed by atoms with Crippen LogP contribution in [0.2, 0.25) is 0 Å². The number of alkyl halides is 3. The maximum atomic E-state index is 14.3. The van der Waals surface area contributed by atoms with Crippen LogP contribution in [0.1, 0.15) is 192 Å². The van der Waals surface area contributed by atoms with Crippen LogP contribution in [0.15, 0.2) is 97.1 Å². The Kier molecular flexibility index (Phi) is 10.7. The molecule has 0 unspecified atom stereocenters. The summed E-state index contributed by atoms with van der Waals surface area (Å²) >= 11 is 2.00. The maximum Gasteiger partial charge on any atom is 0.416 e. The van der Waals surface area contributed by atoms with E-state index in [-0.39, 0.29) is 44.6 Å². The molecule has 12 rings (SSSR count). The van der Waals surface area contributed by atoms with Gasteiger partial charge in [-0.25, -0.2) is 0 Å². The molecule has 3 heterocycles. The Morgan fingerprint density at radius 3 is 1.53 bits per heavy atom. The highest BCUT2D eigenvalue weighted by molar-refractivity contribution is 7.33. The molecule has 0 saturated carbocycles. The standard InChI is InChI=1S/C68H76BF3N2S/c1-39-31-55-58-56(32-39)74(53-24-21-42(61(2,3)4)33-44(53)40-17-19-41(20-18-40)68(70,71)72)54-37-50-49(65(11,12)28-29-66(50,13)14)36-52(54)69(58)60-59(45-35-48-51(38-57(45)75-60)67(15,16)30-27-64(48,9)10)73(55)43-22-23-46-47(34-43)63(7,8)26-25-62(46,5)6/h17-24,31-38H,25-30H2,1-16H3. The van der Waals surface area contributed by atoms with Crippen molar-refractivity contribution in [3.63, 3.8) is 0 Å². The van der Waals surface area contributed by atoms with Gasteiger partial charge in [0.2, 0.25) is 0 Å². The third-order valence-electron chi connectivity index (χ3n) is 19.5. The molecule has 0 amide bonds. The first-order chi connectivity index (χ1) is 34.8. The van der Waals surface area contributed by atoms with Gasteiger partial charge in [0.1, 0.15) is 0 Å².